The van der Waals surface area contributed by atoms with Gasteiger partial charge in [0.25, 0.3) is 0 Å². The molecule has 6 rings (SSSR count). The third-order valence-electron chi connectivity index (χ3n) is 6.07. The summed E-state index contributed by atoms with van der Waals surface area (Å²) in [7, 11) is 0. The number of H-pyrrole nitrogens is 2. The first-order valence-corrected chi connectivity index (χ1v) is 10.2. The summed E-state index contributed by atoms with van der Waals surface area (Å²) in [5.41, 5.74) is 7.23. The van der Waals surface area contributed by atoms with Crippen LogP contribution >= 0.6 is 0 Å². The Hall–Kier alpha value is -4.18. The summed E-state index contributed by atoms with van der Waals surface area (Å²) >= 11 is 0. The van der Waals surface area contributed by atoms with E-state index in [0.29, 0.717) is 22.4 Å². The normalized spacial score (nSPS) is 12.8. The van der Waals surface area contributed by atoms with Gasteiger partial charge in [-0.25, -0.2) is 0 Å². The molecule has 0 unspecified atom stereocenters. The zero-order chi connectivity index (χ0) is 21.1. The molecular formula is C27H18N2O2. The summed E-state index contributed by atoms with van der Waals surface area (Å²) in [6, 6.07) is 23.1. The van der Waals surface area contributed by atoms with E-state index in [1.54, 1.807) is 24.3 Å². The quantitative estimate of drug-likeness (QED) is 0.378. The fraction of sp³-hybridized carbons (Fsp3) is 0.0370. The first kappa shape index (κ1) is 17.7. The Labute approximate surface area is 178 Å². The number of para-hydroxylation sites is 1. The van der Waals surface area contributed by atoms with E-state index >= 15 is 0 Å². The van der Waals surface area contributed by atoms with E-state index < -0.39 is 0 Å². The Morgan fingerprint density at radius 1 is 0.645 bits per heavy atom. The number of rotatable bonds is 2. The van der Waals surface area contributed by atoms with Crippen molar-refractivity contribution in [1.82, 2.24) is 9.97 Å². The van der Waals surface area contributed by atoms with Gasteiger partial charge in [-0.3, -0.25) is 9.59 Å². The van der Waals surface area contributed by atoms with E-state index in [2.05, 4.69) is 9.97 Å². The molecule has 0 radical (unpaired) electrons. The average molecular weight is 402 g/mol. The van der Waals surface area contributed by atoms with E-state index in [4.69, 9.17) is 0 Å². The maximum atomic E-state index is 13.6. The number of aromatic nitrogens is 2. The van der Waals surface area contributed by atoms with Gasteiger partial charge in [-0.1, -0.05) is 72.3 Å². The van der Waals surface area contributed by atoms with Crippen LogP contribution < -0.4 is 0 Å². The number of benzene rings is 3. The molecule has 0 aliphatic heterocycles. The van der Waals surface area contributed by atoms with Gasteiger partial charge >= 0.3 is 0 Å². The van der Waals surface area contributed by atoms with Crippen LogP contribution in [0.1, 0.15) is 37.5 Å². The predicted molar refractivity (Wildman–Crippen MR) is 122 cm³/mol. The number of carbonyl (C=O) groups excluding carboxylic acids is 2. The third kappa shape index (κ3) is 2.48. The second kappa shape index (κ2) is 6.41. The van der Waals surface area contributed by atoms with Crippen molar-refractivity contribution in [3.05, 3.63) is 107 Å². The second-order valence-corrected chi connectivity index (χ2v) is 7.94. The lowest BCUT2D eigenvalue weighted by Crippen LogP contribution is -2.20. The molecule has 0 bridgehead atoms. The Morgan fingerprint density at radius 3 is 2.10 bits per heavy atom. The Morgan fingerprint density at radius 2 is 1.32 bits per heavy atom. The van der Waals surface area contributed by atoms with Crippen molar-refractivity contribution >= 4 is 22.5 Å². The largest absolute Gasteiger partial charge is 0.361 e. The number of fused-ring (bicyclic) bond motifs is 3. The van der Waals surface area contributed by atoms with Crippen molar-refractivity contribution in [2.45, 2.75) is 6.92 Å². The monoisotopic (exact) mass is 402 g/mol. The van der Waals surface area contributed by atoms with Gasteiger partial charge in [0.05, 0.1) is 17.0 Å². The summed E-state index contributed by atoms with van der Waals surface area (Å²) in [6.45, 7) is 2.04. The fourth-order valence-electron chi connectivity index (χ4n) is 4.53. The number of hydrogen-bond donors (Lipinski definition) is 2. The second-order valence-electron chi connectivity index (χ2n) is 7.94. The zero-order valence-corrected chi connectivity index (χ0v) is 16.8. The number of aromatic amines is 2. The maximum Gasteiger partial charge on any atom is 0.210 e. The molecule has 0 atom stereocenters. The van der Waals surface area contributed by atoms with Gasteiger partial charge < -0.3 is 9.97 Å². The Kier molecular flexibility index (Phi) is 3.65. The predicted octanol–water partition coefficient (Wildman–Crippen LogP) is 5.91. The van der Waals surface area contributed by atoms with Gasteiger partial charge in [0.15, 0.2) is 5.78 Å². The minimum Gasteiger partial charge on any atom is -0.361 e. The van der Waals surface area contributed by atoms with Crippen LogP contribution in [0.3, 0.4) is 0 Å². The minimum absolute atomic E-state index is 0.125. The molecule has 1 aliphatic carbocycles. The van der Waals surface area contributed by atoms with Gasteiger partial charge in [-0.2, -0.15) is 0 Å². The first-order valence-electron chi connectivity index (χ1n) is 10.2. The van der Waals surface area contributed by atoms with Crippen molar-refractivity contribution in [3.63, 3.8) is 0 Å². The van der Waals surface area contributed by atoms with Crippen molar-refractivity contribution in [1.29, 1.82) is 0 Å². The molecule has 148 valence electrons. The molecule has 31 heavy (non-hydrogen) atoms. The van der Waals surface area contributed by atoms with Gasteiger partial charge in [0.2, 0.25) is 5.78 Å². The molecule has 2 aromatic heterocycles. The molecule has 2 heterocycles. The average Bonchev–Trinajstić information content (AvgIpc) is 3.40. The van der Waals surface area contributed by atoms with E-state index in [1.807, 2.05) is 61.7 Å². The SMILES string of the molecule is Cc1ccc(-c2[nH]c3c(c2-c2c[nH]c4ccccc24)C(=O)c2ccccc2C3=O)cc1. The molecule has 0 fully saturated rings. The minimum atomic E-state index is -0.148. The topological polar surface area (TPSA) is 65.7 Å². The molecule has 1 aliphatic rings. The summed E-state index contributed by atoms with van der Waals surface area (Å²) in [5.74, 6) is -0.273. The van der Waals surface area contributed by atoms with Crippen LogP contribution in [-0.4, -0.2) is 21.5 Å². The summed E-state index contributed by atoms with van der Waals surface area (Å²) in [4.78, 5) is 33.6. The van der Waals surface area contributed by atoms with Gasteiger partial charge in [-0.05, 0) is 18.6 Å². The molecule has 0 saturated heterocycles. The van der Waals surface area contributed by atoms with Gasteiger partial charge in [0, 0.05) is 39.4 Å². The van der Waals surface area contributed by atoms with Crippen LogP contribution in [-0.2, 0) is 0 Å². The molecule has 4 nitrogen and oxygen atoms in total. The molecule has 0 amide bonds. The van der Waals surface area contributed by atoms with E-state index in [1.165, 1.54) is 0 Å². The summed E-state index contributed by atoms with van der Waals surface area (Å²) < 4.78 is 0. The van der Waals surface area contributed by atoms with E-state index in [9.17, 15) is 9.59 Å². The Balaban J connectivity index is 1.71. The Bertz CT molecular complexity index is 1520. The van der Waals surface area contributed by atoms with Crippen LogP contribution in [0.15, 0.2) is 79.0 Å². The van der Waals surface area contributed by atoms with Crippen LogP contribution in [0.5, 0.6) is 0 Å². The van der Waals surface area contributed by atoms with Gasteiger partial charge in [-0.15, -0.1) is 0 Å². The smallest absolute Gasteiger partial charge is 0.210 e. The van der Waals surface area contributed by atoms with Crippen molar-refractivity contribution in [2.24, 2.45) is 0 Å². The maximum absolute atomic E-state index is 13.6. The molecule has 3 aromatic carbocycles. The molecular weight excluding hydrogens is 384 g/mol. The van der Waals surface area contributed by atoms with E-state index in [-0.39, 0.29) is 11.6 Å². The molecule has 2 N–H and O–H groups in total. The highest BCUT2D eigenvalue weighted by atomic mass is 16.1. The number of carbonyl (C=O) groups is 2. The van der Waals surface area contributed by atoms with Crippen LogP contribution in [0, 0.1) is 6.92 Å². The lowest BCUT2D eigenvalue weighted by Gasteiger charge is -2.15. The lowest BCUT2D eigenvalue weighted by molar-refractivity contribution is 0.0977. The number of nitrogens with one attached hydrogen (secondary N) is 2. The first-order chi connectivity index (χ1) is 15.1. The highest BCUT2D eigenvalue weighted by molar-refractivity contribution is 6.31. The third-order valence-corrected chi connectivity index (χ3v) is 6.07. The molecule has 0 saturated carbocycles. The van der Waals surface area contributed by atoms with Crippen LogP contribution in [0.2, 0.25) is 0 Å². The van der Waals surface area contributed by atoms with Gasteiger partial charge in [0.1, 0.15) is 0 Å². The number of hydrogen-bond acceptors (Lipinski definition) is 2. The summed E-state index contributed by atoms with van der Waals surface area (Å²) in [5, 5.41) is 1.01. The number of aryl methyl sites for hydroxylation is 1. The van der Waals surface area contributed by atoms with Crippen LogP contribution in [0.25, 0.3) is 33.3 Å². The van der Waals surface area contributed by atoms with E-state index in [0.717, 1.165) is 38.9 Å². The van der Waals surface area contributed by atoms with Crippen molar-refractivity contribution in [3.8, 4) is 22.4 Å². The molecule has 4 heteroatoms. The highest BCUT2D eigenvalue weighted by Crippen LogP contribution is 2.43. The summed E-state index contributed by atoms with van der Waals surface area (Å²) in [6.07, 6.45) is 1.92. The standard InChI is InChI=1S/C27H18N2O2/c1-15-10-12-16(13-11-15)24-22(20-14-28-21-9-5-4-6-17(20)21)23-25(29-24)27(31)19-8-3-2-7-18(19)26(23)30/h2-14,28-29H,1H3. The molecule has 0 spiro atoms. The fourth-order valence-corrected chi connectivity index (χ4v) is 4.53. The van der Waals surface area contributed by atoms with Crippen LogP contribution in [0.4, 0.5) is 0 Å². The highest BCUT2D eigenvalue weighted by Gasteiger charge is 2.36. The zero-order valence-electron chi connectivity index (χ0n) is 16.8. The lowest BCUT2D eigenvalue weighted by atomic mass is 9.84. The molecule has 5 aromatic rings. The van der Waals surface area contributed by atoms with Crippen molar-refractivity contribution < 1.29 is 9.59 Å². The van der Waals surface area contributed by atoms with Crippen molar-refractivity contribution in [2.75, 3.05) is 0 Å². The number of ketones is 2.